The van der Waals surface area contributed by atoms with Crippen molar-refractivity contribution in [3.63, 3.8) is 0 Å². The third kappa shape index (κ3) is 4.05. The minimum absolute atomic E-state index is 0.0870. The first-order valence-corrected chi connectivity index (χ1v) is 7.38. The molecule has 1 aliphatic rings. The largest absolute Gasteiger partial charge is 0.394 e. The standard InChI is InChI=1S/C14H21N3O2S/c1-4-5-10(7-18)17-14(19)12-6-11(13(16)20-12)8(2)9(3)15/h6,10,15-16,18H,4-5,7H2,1-3H3,(H,17,19)/b11-8-,15-9?,16-13?. The predicted molar refractivity (Wildman–Crippen MR) is 83.4 cm³/mol. The number of thioether (sulfide) groups is 1. The molecule has 110 valence electrons. The average molecular weight is 295 g/mol. The Hall–Kier alpha value is -1.40. The monoisotopic (exact) mass is 295 g/mol. The van der Waals surface area contributed by atoms with Gasteiger partial charge in [0.2, 0.25) is 0 Å². The number of aliphatic hydroxyl groups excluding tert-OH is 1. The van der Waals surface area contributed by atoms with Crippen LogP contribution < -0.4 is 5.32 Å². The molecule has 0 fully saturated rings. The Kier molecular flexibility index (Phi) is 6.16. The lowest BCUT2D eigenvalue weighted by Gasteiger charge is -2.15. The molecule has 0 aromatic carbocycles. The summed E-state index contributed by atoms with van der Waals surface area (Å²) in [5, 5.41) is 27.7. The van der Waals surface area contributed by atoms with Crippen LogP contribution in [0.25, 0.3) is 0 Å². The minimum atomic E-state index is -0.266. The van der Waals surface area contributed by atoms with Gasteiger partial charge < -0.3 is 15.8 Å². The molecule has 0 spiro atoms. The molecule has 1 atom stereocenters. The Labute approximate surface area is 123 Å². The summed E-state index contributed by atoms with van der Waals surface area (Å²) in [6, 6.07) is -0.248. The first kappa shape index (κ1) is 16.7. The highest BCUT2D eigenvalue weighted by Gasteiger charge is 2.25. The summed E-state index contributed by atoms with van der Waals surface area (Å²) in [7, 11) is 0. The zero-order valence-electron chi connectivity index (χ0n) is 12.0. The van der Waals surface area contributed by atoms with Crippen LogP contribution in [0.4, 0.5) is 0 Å². The molecular weight excluding hydrogens is 274 g/mol. The molecule has 20 heavy (non-hydrogen) atoms. The zero-order chi connectivity index (χ0) is 15.3. The quantitative estimate of drug-likeness (QED) is 0.566. The minimum Gasteiger partial charge on any atom is -0.394 e. The van der Waals surface area contributed by atoms with Crippen molar-refractivity contribution in [3.05, 3.63) is 22.1 Å². The van der Waals surface area contributed by atoms with Crippen LogP contribution in [0.15, 0.2) is 22.1 Å². The van der Waals surface area contributed by atoms with E-state index < -0.39 is 0 Å². The van der Waals surface area contributed by atoms with E-state index in [-0.39, 0.29) is 23.6 Å². The first-order valence-electron chi connectivity index (χ1n) is 6.57. The Bertz CT molecular complexity index is 495. The molecule has 0 aliphatic carbocycles. The van der Waals surface area contributed by atoms with E-state index in [1.54, 1.807) is 19.9 Å². The van der Waals surface area contributed by atoms with Crippen LogP contribution in [0, 0.1) is 10.8 Å². The van der Waals surface area contributed by atoms with E-state index in [2.05, 4.69) is 5.32 Å². The Morgan fingerprint density at radius 3 is 2.65 bits per heavy atom. The van der Waals surface area contributed by atoms with Crippen LogP contribution >= 0.6 is 11.8 Å². The summed E-state index contributed by atoms with van der Waals surface area (Å²) in [5.41, 5.74) is 1.73. The van der Waals surface area contributed by atoms with Gasteiger partial charge in [-0.3, -0.25) is 10.2 Å². The lowest BCUT2D eigenvalue weighted by atomic mass is 10.1. The van der Waals surface area contributed by atoms with E-state index in [9.17, 15) is 9.90 Å². The lowest BCUT2D eigenvalue weighted by Crippen LogP contribution is -2.37. The van der Waals surface area contributed by atoms with Gasteiger partial charge in [-0.2, -0.15) is 0 Å². The van der Waals surface area contributed by atoms with E-state index in [1.807, 2.05) is 6.92 Å². The van der Waals surface area contributed by atoms with Gasteiger partial charge in [0.1, 0.15) is 0 Å². The molecule has 1 rings (SSSR count). The molecule has 5 nitrogen and oxygen atoms in total. The van der Waals surface area contributed by atoms with Crippen molar-refractivity contribution in [2.75, 3.05) is 6.61 Å². The summed E-state index contributed by atoms with van der Waals surface area (Å²) in [5.74, 6) is -0.266. The van der Waals surface area contributed by atoms with Crippen molar-refractivity contribution in [2.24, 2.45) is 0 Å². The number of nitrogens with one attached hydrogen (secondary N) is 3. The highest BCUT2D eigenvalue weighted by Crippen LogP contribution is 2.33. The number of rotatable bonds is 6. The number of hydrogen-bond donors (Lipinski definition) is 4. The molecule has 1 heterocycles. The fourth-order valence-corrected chi connectivity index (χ4v) is 2.67. The summed E-state index contributed by atoms with van der Waals surface area (Å²) in [6.45, 7) is 5.34. The Balaban J connectivity index is 2.86. The summed E-state index contributed by atoms with van der Waals surface area (Å²) < 4.78 is 0. The van der Waals surface area contributed by atoms with Crippen molar-refractivity contribution in [1.29, 1.82) is 10.8 Å². The van der Waals surface area contributed by atoms with Gasteiger partial charge in [-0.15, -0.1) is 0 Å². The van der Waals surface area contributed by atoms with Gasteiger partial charge in [0.15, 0.2) is 0 Å². The smallest absolute Gasteiger partial charge is 0.258 e. The summed E-state index contributed by atoms with van der Waals surface area (Å²) >= 11 is 1.09. The van der Waals surface area contributed by atoms with Crippen LogP contribution in [-0.2, 0) is 4.79 Å². The van der Waals surface area contributed by atoms with Crippen LogP contribution in [0.1, 0.15) is 33.6 Å². The second kappa shape index (κ2) is 7.40. The maximum atomic E-state index is 12.1. The molecule has 0 saturated heterocycles. The molecule has 0 saturated carbocycles. The molecule has 0 aromatic rings. The maximum absolute atomic E-state index is 12.1. The van der Waals surface area contributed by atoms with Gasteiger partial charge in [0.25, 0.3) is 5.91 Å². The maximum Gasteiger partial charge on any atom is 0.258 e. The van der Waals surface area contributed by atoms with Crippen molar-refractivity contribution in [1.82, 2.24) is 5.32 Å². The molecule has 0 bridgehead atoms. The van der Waals surface area contributed by atoms with E-state index >= 15 is 0 Å². The van der Waals surface area contributed by atoms with Crippen molar-refractivity contribution in [3.8, 4) is 0 Å². The molecule has 1 amide bonds. The van der Waals surface area contributed by atoms with Crippen molar-refractivity contribution in [2.45, 2.75) is 39.7 Å². The first-order chi connectivity index (χ1) is 9.40. The number of carbonyl (C=O) groups excluding carboxylic acids is 1. The Morgan fingerprint density at radius 1 is 1.50 bits per heavy atom. The van der Waals surface area contributed by atoms with Gasteiger partial charge in [0, 0.05) is 11.3 Å². The Morgan fingerprint density at radius 2 is 2.15 bits per heavy atom. The third-order valence-corrected chi connectivity index (χ3v) is 4.06. The molecular formula is C14H21N3O2S. The summed E-state index contributed by atoms with van der Waals surface area (Å²) in [6.07, 6.45) is 3.25. The van der Waals surface area contributed by atoms with Crippen molar-refractivity contribution < 1.29 is 9.90 Å². The zero-order valence-corrected chi connectivity index (χ0v) is 12.9. The van der Waals surface area contributed by atoms with Gasteiger partial charge in [-0.1, -0.05) is 25.1 Å². The van der Waals surface area contributed by atoms with E-state index in [0.29, 0.717) is 21.8 Å². The predicted octanol–water partition coefficient (Wildman–Crippen LogP) is 2.23. The number of carbonyl (C=O) groups is 1. The molecule has 0 radical (unpaired) electrons. The topological polar surface area (TPSA) is 97.0 Å². The van der Waals surface area contributed by atoms with Crippen LogP contribution in [0.2, 0.25) is 0 Å². The molecule has 1 aliphatic heterocycles. The SMILES string of the molecule is CCCC(CO)NC(=O)C1=C/C(=C(\C)C(C)=N)C(=N)S1. The van der Waals surface area contributed by atoms with Gasteiger partial charge >= 0.3 is 0 Å². The van der Waals surface area contributed by atoms with Gasteiger partial charge in [-0.05, 0) is 31.9 Å². The number of hydrogen-bond acceptors (Lipinski definition) is 5. The molecule has 6 heteroatoms. The lowest BCUT2D eigenvalue weighted by molar-refractivity contribution is -0.117. The second-order valence-electron chi connectivity index (χ2n) is 4.75. The third-order valence-electron chi connectivity index (χ3n) is 3.12. The highest BCUT2D eigenvalue weighted by atomic mass is 32.2. The van der Waals surface area contributed by atoms with E-state index in [4.69, 9.17) is 10.8 Å². The number of allylic oxidation sites excluding steroid dienone is 2. The van der Waals surface area contributed by atoms with Crippen LogP contribution in [-0.4, -0.2) is 34.4 Å². The average Bonchev–Trinajstić information content (AvgIpc) is 2.79. The fourth-order valence-electron chi connectivity index (χ4n) is 1.80. The molecule has 1 unspecified atom stereocenters. The van der Waals surface area contributed by atoms with Crippen molar-refractivity contribution >= 4 is 28.4 Å². The summed E-state index contributed by atoms with van der Waals surface area (Å²) in [4.78, 5) is 12.5. The van der Waals surface area contributed by atoms with Crippen LogP contribution in [0.3, 0.4) is 0 Å². The van der Waals surface area contributed by atoms with Gasteiger partial charge in [-0.25, -0.2) is 0 Å². The molecule has 0 aromatic heterocycles. The van der Waals surface area contributed by atoms with E-state index in [0.717, 1.165) is 24.6 Å². The van der Waals surface area contributed by atoms with Crippen LogP contribution in [0.5, 0.6) is 0 Å². The number of amides is 1. The normalized spacial score (nSPS) is 18.6. The second-order valence-corrected chi connectivity index (χ2v) is 5.80. The highest BCUT2D eigenvalue weighted by molar-refractivity contribution is 8.18. The number of aliphatic hydroxyl groups is 1. The fraction of sp³-hybridized carbons (Fsp3) is 0.500. The molecule has 4 N–H and O–H groups in total. The van der Waals surface area contributed by atoms with E-state index in [1.165, 1.54) is 0 Å². The van der Waals surface area contributed by atoms with Gasteiger partial charge in [0.05, 0.1) is 22.6 Å².